The van der Waals surface area contributed by atoms with Crippen LogP contribution in [0.5, 0.6) is 0 Å². The van der Waals surface area contributed by atoms with Gasteiger partial charge in [-0.3, -0.25) is 4.99 Å². The van der Waals surface area contributed by atoms with Gasteiger partial charge in [-0.25, -0.2) is 13.6 Å². The Morgan fingerprint density at radius 1 is 1.25 bits per heavy atom. The van der Waals surface area contributed by atoms with Crippen LogP contribution >= 0.6 is 0 Å². The molecule has 1 aromatic carbocycles. The van der Waals surface area contributed by atoms with Crippen molar-refractivity contribution in [3.05, 3.63) is 29.8 Å². The highest BCUT2D eigenvalue weighted by Crippen LogP contribution is 2.09. The van der Waals surface area contributed by atoms with Crippen molar-refractivity contribution in [2.45, 2.75) is 56.9 Å². The van der Waals surface area contributed by atoms with Crippen molar-refractivity contribution in [2.24, 2.45) is 10.1 Å². The lowest BCUT2D eigenvalue weighted by atomic mass is 10.1. The first-order valence-corrected chi connectivity index (χ1v) is 10.0. The van der Waals surface area contributed by atoms with Gasteiger partial charge in [-0.05, 0) is 37.5 Å². The SMILES string of the molecule is CCCCCC(C)NC(=NC)NCCc1ccc(S(N)(=O)=O)cc1. The maximum Gasteiger partial charge on any atom is 0.238 e. The summed E-state index contributed by atoms with van der Waals surface area (Å²) in [4.78, 5) is 4.37. The quantitative estimate of drug-likeness (QED) is 0.359. The van der Waals surface area contributed by atoms with Gasteiger partial charge in [-0.15, -0.1) is 0 Å². The van der Waals surface area contributed by atoms with E-state index in [0.29, 0.717) is 6.04 Å². The van der Waals surface area contributed by atoms with Crippen LogP contribution in [0, 0.1) is 0 Å². The third kappa shape index (κ3) is 7.79. The molecule has 0 saturated heterocycles. The zero-order valence-corrected chi connectivity index (χ0v) is 15.7. The van der Waals surface area contributed by atoms with Gasteiger partial charge in [-0.2, -0.15) is 0 Å². The zero-order chi connectivity index (χ0) is 18.0. The van der Waals surface area contributed by atoms with Gasteiger partial charge >= 0.3 is 0 Å². The largest absolute Gasteiger partial charge is 0.356 e. The molecule has 0 aliphatic rings. The van der Waals surface area contributed by atoms with E-state index in [2.05, 4.69) is 29.5 Å². The predicted molar refractivity (Wildman–Crippen MR) is 99.6 cm³/mol. The van der Waals surface area contributed by atoms with Crippen molar-refractivity contribution in [1.82, 2.24) is 10.6 Å². The third-order valence-electron chi connectivity index (χ3n) is 3.81. The molecule has 1 aromatic rings. The number of benzene rings is 1. The van der Waals surface area contributed by atoms with E-state index in [1.54, 1.807) is 19.2 Å². The third-order valence-corrected chi connectivity index (χ3v) is 4.73. The van der Waals surface area contributed by atoms with Crippen LogP contribution < -0.4 is 15.8 Å². The minimum absolute atomic E-state index is 0.137. The number of sulfonamides is 1. The Bertz CT molecular complexity index is 612. The predicted octanol–water partition coefficient (Wildman–Crippen LogP) is 2.01. The second-order valence-electron chi connectivity index (χ2n) is 5.98. The van der Waals surface area contributed by atoms with E-state index in [4.69, 9.17) is 5.14 Å². The monoisotopic (exact) mass is 354 g/mol. The highest BCUT2D eigenvalue weighted by Gasteiger charge is 2.07. The molecule has 0 fully saturated rings. The average Bonchev–Trinajstić information content (AvgIpc) is 2.53. The van der Waals surface area contributed by atoms with Crippen LogP contribution in [0.2, 0.25) is 0 Å². The summed E-state index contributed by atoms with van der Waals surface area (Å²) in [6, 6.07) is 7.02. The molecule has 1 rings (SSSR count). The summed E-state index contributed by atoms with van der Waals surface area (Å²) >= 11 is 0. The molecule has 0 bridgehead atoms. The standard InChI is InChI=1S/C17H30N4O2S/c1-4-5-6-7-14(2)21-17(19-3)20-13-12-15-8-10-16(11-9-15)24(18,22)23/h8-11,14H,4-7,12-13H2,1-3H3,(H2,18,22,23)(H2,19,20,21). The van der Waals surface area contributed by atoms with E-state index in [1.807, 2.05) is 0 Å². The van der Waals surface area contributed by atoms with Crippen LogP contribution in [0.1, 0.15) is 45.1 Å². The maximum atomic E-state index is 11.2. The van der Waals surface area contributed by atoms with Crippen molar-refractivity contribution >= 4 is 16.0 Å². The number of nitrogens with two attached hydrogens (primary N) is 1. The number of nitrogens with zero attached hydrogens (tertiary/aromatic N) is 1. The van der Waals surface area contributed by atoms with Crippen molar-refractivity contribution in [3.63, 3.8) is 0 Å². The fraction of sp³-hybridized carbons (Fsp3) is 0.588. The van der Waals surface area contributed by atoms with Crippen LogP contribution in [0.4, 0.5) is 0 Å². The molecule has 24 heavy (non-hydrogen) atoms. The molecule has 0 saturated carbocycles. The fourth-order valence-electron chi connectivity index (χ4n) is 2.37. The van der Waals surface area contributed by atoms with Crippen LogP contribution in [0.25, 0.3) is 0 Å². The number of aliphatic imine (C=N–C) groups is 1. The number of primary sulfonamides is 1. The molecule has 0 aliphatic heterocycles. The molecule has 136 valence electrons. The van der Waals surface area contributed by atoms with E-state index >= 15 is 0 Å². The molecule has 7 heteroatoms. The minimum Gasteiger partial charge on any atom is -0.356 e. The van der Waals surface area contributed by atoms with Gasteiger partial charge in [0.2, 0.25) is 10.0 Å². The second kappa shape index (κ2) is 10.3. The average molecular weight is 355 g/mol. The van der Waals surface area contributed by atoms with Crippen LogP contribution in [0.15, 0.2) is 34.2 Å². The second-order valence-corrected chi connectivity index (χ2v) is 7.54. The van der Waals surface area contributed by atoms with Crippen molar-refractivity contribution in [2.75, 3.05) is 13.6 Å². The molecular formula is C17H30N4O2S. The summed E-state index contributed by atoms with van der Waals surface area (Å²) in [6.45, 7) is 5.08. The first-order chi connectivity index (χ1) is 11.4. The summed E-state index contributed by atoms with van der Waals surface area (Å²) in [5.41, 5.74) is 1.04. The van der Waals surface area contributed by atoms with Crippen LogP contribution in [-0.2, 0) is 16.4 Å². The summed E-state index contributed by atoms with van der Waals surface area (Å²) < 4.78 is 22.4. The Hall–Kier alpha value is -1.60. The van der Waals surface area contributed by atoms with Gasteiger partial charge in [-0.1, -0.05) is 38.3 Å². The smallest absolute Gasteiger partial charge is 0.238 e. The topological polar surface area (TPSA) is 96.6 Å². The number of nitrogens with one attached hydrogen (secondary N) is 2. The van der Waals surface area contributed by atoms with Crippen molar-refractivity contribution in [3.8, 4) is 0 Å². The molecule has 0 heterocycles. The van der Waals surface area contributed by atoms with E-state index < -0.39 is 10.0 Å². The van der Waals surface area contributed by atoms with Gasteiger partial charge in [0.1, 0.15) is 0 Å². The first kappa shape index (κ1) is 20.4. The van der Waals surface area contributed by atoms with Gasteiger partial charge in [0.25, 0.3) is 0 Å². The highest BCUT2D eigenvalue weighted by molar-refractivity contribution is 7.89. The van der Waals surface area contributed by atoms with E-state index in [-0.39, 0.29) is 4.90 Å². The highest BCUT2D eigenvalue weighted by atomic mass is 32.2. The van der Waals surface area contributed by atoms with Crippen LogP contribution in [-0.4, -0.2) is 34.0 Å². The minimum atomic E-state index is -3.63. The molecule has 0 amide bonds. The first-order valence-electron chi connectivity index (χ1n) is 8.45. The molecule has 1 atom stereocenters. The molecule has 4 N–H and O–H groups in total. The Kier molecular flexibility index (Phi) is 8.78. The maximum absolute atomic E-state index is 11.2. The number of rotatable bonds is 9. The van der Waals surface area contributed by atoms with Crippen LogP contribution in [0.3, 0.4) is 0 Å². The molecule has 0 radical (unpaired) electrons. The number of unbranched alkanes of at least 4 members (excludes halogenated alkanes) is 2. The molecule has 1 unspecified atom stereocenters. The van der Waals surface area contributed by atoms with Gasteiger partial charge in [0.05, 0.1) is 4.90 Å². The zero-order valence-electron chi connectivity index (χ0n) is 14.9. The summed E-state index contributed by atoms with van der Waals surface area (Å²) in [5, 5.41) is 11.8. The molecule has 0 spiro atoms. The summed E-state index contributed by atoms with van der Waals surface area (Å²) in [7, 11) is -1.87. The van der Waals surface area contributed by atoms with Gasteiger partial charge in [0, 0.05) is 19.6 Å². The van der Waals surface area contributed by atoms with E-state index in [1.165, 1.54) is 31.4 Å². The Balaban J connectivity index is 2.39. The number of hydrogen-bond donors (Lipinski definition) is 3. The Labute approximate surface area is 146 Å². The fourth-order valence-corrected chi connectivity index (χ4v) is 2.89. The Morgan fingerprint density at radius 2 is 1.92 bits per heavy atom. The summed E-state index contributed by atoms with van der Waals surface area (Å²) in [6.07, 6.45) is 5.61. The molecule has 0 aliphatic carbocycles. The lowest BCUT2D eigenvalue weighted by molar-refractivity contribution is 0.547. The van der Waals surface area contributed by atoms with Crippen molar-refractivity contribution in [1.29, 1.82) is 0 Å². The normalized spacial score (nSPS) is 13.6. The van der Waals surface area contributed by atoms with E-state index in [9.17, 15) is 8.42 Å². The van der Waals surface area contributed by atoms with Crippen molar-refractivity contribution < 1.29 is 8.42 Å². The molecule has 0 aromatic heterocycles. The summed E-state index contributed by atoms with van der Waals surface area (Å²) in [5.74, 6) is 0.792. The van der Waals surface area contributed by atoms with Gasteiger partial charge < -0.3 is 10.6 Å². The Morgan fingerprint density at radius 3 is 2.46 bits per heavy atom. The lowest BCUT2D eigenvalue weighted by Gasteiger charge is -2.17. The number of hydrogen-bond acceptors (Lipinski definition) is 3. The lowest BCUT2D eigenvalue weighted by Crippen LogP contribution is -2.42. The van der Waals surface area contributed by atoms with E-state index in [0.717, 1.165) is 30.9 Å². The van der Waals surface area contributed by atoms with Gasteiger partial charge in [0.15, 0.2) is 5.96 Å². The molecule has 6 nitrogen and oxygen atoms in total. The molecular weight excluding hydrogens is 324 g/mol. The number of guanidine groups is 1.